The lowest BCUT2D eigenvalue weighted by atomic mass is 9.75. The van der Waals surface area contributed by atoms with E-state index in [9.17, 15) is 0 Å². The van der Waals surface area contributed by atoms with Gasteiger partial charge in [-0.1, -0.05) is 0 Å². The van der Waals surface area contributed by atoms with Crippen LogP contribution >= 0.6 is 0 Å². The Balaban J connectivity index is 1.90. The Kier molecular flexibility index (Phi) is 1.44. The maximum Gasteiger partial charge on any atom is 0.104 e. The third-order valence-corrected chi connectivity index (χ3v) is 2.66. The molecule has 1 atom stereocenters. The van der Waals surface area contributed by atoms with Gasteiger partial charge in [0.05, 0.1) is 0 Å². The summed E-state index contributed by atoms with van der Waals surface area (Å²) in [6, 6.07) is 0. The quantitative estimate of drug-likeness (QED) is 0.418. The number of nitrogens with one attached hydrogen (secondary N) is 2. The zero-order valence-corrected chi connectivity index (χ0v) is 6.06. The van der Waals surface area contributed by atoms with Gasteiger partial charge in [0.15, 0.2) is 0 Å². The monoisotopic (exact) mass is 142 g/mol. The van der Waals surface area contributed by atoms with Gasteiger partial charge in [-0.25, -0.2) is 0 Å². The lowest BCUT2D eigenvalue weighted by Crippen LogP contribution is -2.62. The van der Waals surface area contributed by atoms with Crippen LogP contribution in [0.25, 0.3) is 0 Å². The predicted molar refractivity (Wildman–Crippen MR) is 38.5 cm³/mol. The maximum absolute atomic E-state index is 9.13. The van der Waals surface area contributed by atoms with Gasteiger partial charge in [-0.2, -0.15) is 0 Å². The van der Waals surface area contributed by atoms with Crippen LogP contribution in [0, 0.1) is 5.41 Å². The number of rotatable bonds is 0. The van der Waals surface area contributed by atoms with Crippen molar-refractivity contribution in [2.75, 3.05) is 19.6 Å². The molecule has 0 amide bonds. The molecule has 58 valence electrons. The molecule has 2 aliphatic heterocycles. The van der Waals surface area contributed by atoms with Gasteiger partial charge < -0.3 is 10.4 Å². The third-order valence-electron chi connectivity index (χ3n) is 2.66. The van der Waals surface area contributed by atoms with Crippen molar-refractivity contribution in [1.29, 1.82) is 0 Å². The van der Waals surface area contributed by atoms with E-state index in [0.29, 0.717) is 5.41 Å². The highest BCUT2D eigenvalue weighted by molar-refractivity contribution is 4.96. The smallest absolute Gasteiger partial charge is 0.104 e. The van der Waals surface area contributed by atoms with Gasteiger partial charge in [-0.15, -0.1) is 0 Å². The fraction of sp³-hybridized carbons (Fsp3) is 1.00. The van der Waals surface area contributed by atoms with Gasteiger partial charge in [0.2, 0.25) is 0 Å². The Hall–Kier alpha value is -0.120. The maximum atomic E-state index is 9.13. The van der Waals surface area contributed by atoms with Crippen molar-refractivity contribution in [3.8, 4) is 0 Å². The van der Waals surface area contributed by atoms with Gasteiger partial charge in [-0.05, 0) is 12.8 Å². The van der Waals surface area contributed by atoms with Gasteiger partial charge >= 0.3 is 0 Å². The van der Waals surface area contributed by atoms with Crippen LogP contribution in [0.2, 0.25) is 0 Å². The fourth-order valence-corrected chi connectivity index (χ4v) is 1.75. The molecule has 3 nitrogen and oxygen atoms in total. The number of hydrogen-bond donors (Lipinski definition) is 3. The zero-order chi connectivity index (χ0) is 7.03. The fourth-order valence-electron chi connectivity index (χ4n) is 1.75. The summed E-state index contributed by atoms with van der Waals surface area (Å²) in [6.45, 7) is 3.25. The molecule has 0 radical (unpaired) electrons. The Bertz CT molecular complexity index is 124. The van der Waals surface area contributed by atoms with Gasteiger partial charge in [0, 0.05) is 25.0 Å². The van der Waals surface area contributed by atoms with E-state index in [0.717, 1.165) is 26.1 Å². The lowest BCUT2D eigenvalue weighted by molar-refractivity contribution is 0.0230. The molecule has 0 bridgehead atoms. The summed E-state index contributed by atoms with van der Waals surface area (Å²) >= 11 is 0. The molecule has 0 aromatic carbocycles. The van der Waals surface area contributed by atoms with E-state index in [1.807, 2.05) is 0 Å². The molecule has 0 aromatic rings. The van der Waals surface area contributed by atoms with Crippen LogP contribution in [0.5, 0.6) is 0 Å². The first-order valence-electron chi connectivity index (χ1n) is 3.93. The molecule has 10 heavy (non-hydrogen) atoms. The van der Waals surface area contributed by atoms with Gasteiger partial charge in [0.1, 0.15) is 6.23 Å². The van der Waals surface area contributed by atoms with E-state index < -0.39 is 0 Å². The molecule has 0 saturated carbocycles. The Morgan fingerprint density at radius 3 is 2.50 bits per heavy atom. The molecular weight excluding hydrogens is 128 g/mol. The molecule has 1 spiro atoms. The minimum Gasteiger partial charge on any atom is -0.379 e. The average molecular weight is 142 g/mol. The first-order valence-corrected chi connectivity index (χ1v) is 3.93. The molecule has 0 aliphatic carbocycles. The Morgan fingerprint density at radius 2 is 2.10 bits per heavy atom. The average Bonchev–Trinajstić information content (AvgIpc) is 1.86. The summed E-state index contributed by atoms with van der Waals surface area (Å²) in [7, 11) is 0. The molecule has 2 rings (SSSR count). The van der Waals surface area contributed by atoms with Crippen molar-refractivity contribution in [3.05, 3.63) is 0 Å². The zero-order valence-electron chi connectivity index (χ0n) is 6.06. The Labute approximate surface area is 60.8 Å². The van der Waals surface area contributed by atoms with E-state index in [-0.39, 0.29) is 6.23 Å². The predicted octanol–water partition coefficient (Wildman–Crippen LogP) is -0.722. The van der Waals surface area contributed by atoms with Crippen LogP contribution in [-0.2, 0) is 0 Å². The van der Waals surface area contributed by atoms with E-state index in [2.05, 4.69) is 10.6 Å². The second-order valence-corrected chi connectivity index (χ2v) is 3.54. The van der Waals surface area contributed by atoms with E-state index in [1.54, 1.807) is 0 Å². The standard InChI is InChI=1S/C7H14N2O/c10-6-1-2-7(5-9-6)3-8-4-7/h6,8-10H,1-5H2. The molecule has 2 saturated heterocycles. The van der Waals surface area contributed by atoms with Crippen molar-refractivity contribution in [2.24, 2.45) is 5.41 Å². The van der Waals surface area contributed by atoms with Crippen LogP contribution in [0.3, 0.4) is 0 Å². The molecule has 2 fully saturated rings. The van der Waals surface area contributed by atoms with Crippen LogP contribution in [0.1, 0.15) is 12.8 Å². The second-order valence-electron chi connectivity index (χ2n) is 3.54. The highest BCUT2D eigenvalue weighted by Gasteiger charge is 2.39. The number of hydrogen-bond acceptors (Lipinski definition) is 3. The lowest BCUT2D eigenvalue weighted by Gasteiger charge is -2.46. The minimum atomic E-state index is -0.244. The summed E-state index contributed by atoms with van der Waals surface area (Å²) < 4.78 is 0. The van der Waals surface area contributed by atoms with E-state index in [1.165, 1.54) is 6.42 Å². The topological polar surface area (TPSA) is 44.3 Å². The van der Waals surface area contributed by atoms with Crippen molar-refractivity contribution < 1.29 is 5.11 Å². The van der Waals surface area contributed by atoms with Crippen molar-refractivity contribution in [1.82, 2.24) is 10.6 Å². The first kappa shape index (κ1) is 6.58. The van der Waals surface area contributed by atoms with Crippen LogP contribution in [-0.4, -0.2) is 31.0 Å². The van der Waals surface area contributed by atoms with E-state index >= 15 is 0 Å². The highest BCUT2D eigenvalue weighted by Crippen LogP contribution is 2.30. The second kappa shape index (κ2) is 2.19. The SMILES string of the molecule is OC1CCC2(CNC2)CN1. The normalized spacial score (nSPS) is 37.5. The number of piperidine rings is 1. The molecule has 0 aromatic heterocycles. The molecular formula is C7H14N2O. The van der Waals surface area contributed by atoms with E-state index in [4.69, 9.17) is 5.11 Å². The summed E-state index contributed by atoms with van der Waals surface area (Å²) in [6.07, 6.45) is 1.85. The van der Waals surface area contributed by atoms with Crippen molar-refractivity contribution in [3.63, 3.8) is 0 Å². The molecule has 3 N–H and O–H groups in total. The molecule has 2 aliphatic rings. The summed E-state index contributed by atoms with van der Waals surface area (Å²) in [5, 5.41) is 15.5. The molecule has 1 unspecified atom stereocenters. The number of aliphatic hydroxyl groups is 1. The molecule has 3 heteroatoms. The third kappa shape index (κ3) is 0.944. The first-order chi connectivity index (χ1) is 4.81. The van der Waals surface area contributed by atoms with Crippen molar-refractivity contribution >= 4 is 0 Å². The minimum absolute atomic E-state index is 0.244. The number of aliphatic hydroxyl groups excluding tert-OH is 1. The summed E-state index contributed by atoms with van der Waals surface area (Å²) in [5.41, 5.74) is 0.499. The molecule has 2 heterocycles. The van der Waals surface area contributed by atoms with Gasteiger partial charge in [-0.3, -0.25) is 5.32 Å². The summed E-state index contributed by atoms with van der Waals surface area (Å²) in [4.78, 5) is 0. The van der Waals surface area contributed by atoms with Crippen LogP contribution in [0.15, 0.2) is 0 Å². The van der Waals surface area contributed by atoms with Gasteiger partial charge in [0.25, 0.3) is 0 Å². The summed E-state index contributed by atoms with van der Waals surface area (Å²) in [5.74, 6) is 0. The largest absolute Gasteiger partial charge is 0.379 e. The highest BCUT2D eigenvalue weighted by atomic mass is 16.3. The van der Waals surface area contributed by atoms with Crippen LogP contribution in [0.4, 0.5) is 0 Å². The van der Waals surface area contributed by atoms with Crippen molar-refractivity contribution in [2.45, 2.75) is 19.1 Å². The van der Waals surface area contributed by atoms with Crippen LogP contribution < -0.4 is 10.6 Å². The Morgan fingerprint density at radius 1 is 1.30 bits per heavy atom.